The molecule has 0 saturated heterocycles. The van der Waals surface area contributed by atoms with E-state index >= 15 is 0 Å². The van der Waals surface area contributed by atoms with E-state index in [1.807, 2.05) is 0 Å². The van der Waals surface area contributed by atoms with Crippen molar-refractivity contribution in [2.24, 2.45) is 0 Å². The van der Waals surface area contributed by atoms with E-state index < -0.39 is 5.97 Å². The molecule has 0 aliphatic carbocycles. The first-order valence-electron chi connectivity index (χ1n) is 3.33. The van der Waals surface area contributed by atoms with Gasteiger partial charge in [-0.25, -0.2) is 4.79 Å². The minimum atomic E-state index is -0.456. The van der Waals surface area contributed by atoms with Gasteiger partial charge in [0.2, 0.25) is 0 Å². The molecule has 0 aliphatic heterocycles. The zero-order valence-electron chi connectivity index (χ0n) is 6.83. The third kappa shape index (κ3) is 5.43. The van der Waals surface area contributed by atoms with E-state index in [1.165, 1.54) is 0 Å². The van der Waals surface area contributed by atoms with Gasteiger partial charge in [0.25, 0.3) is 0 Å². The fourth-order valence-corrected chi connectivity index (χ4v) is 0.402. The van der Waals surface area contributed by atoms with Gasteiger partial charge < -0.3 is 9.57 Å². The lowest BCUT2D eigenvalue weighted by Gasteiger charge is -2.03. The summed E-state index contributed by atoms with van der Waals surface area (Å²) in [4.78, 5) is 24.5. The second-order valence-electron chi connectivity index (χ2n) is 2.02. The predicted octanol–water partition coefficient (Wildman–Crippen LogP) is -0.217. The summed E-state index contributed by atoms with van der Waals surface area (Å²) in [5.74, 6) is -0.456. The number of hydrogen-bond acceptors (Lipinski definition) is 5. The second kappa shape index (κ2) is 6.36. The molecular formula is C7H11NO4. The van der Waals surface area contributed by atoms with Crippen molar-refractivity contribution in [1.82, 2.24) is 5.48 Å². The Morgan fingerprint density at radius 1 is 1.67 bits per heavy atom. The highest BCUT2D eigenvalue weighted by molar-refractivity contribution is 5.86. The zero-order chi connectivity index (χ0) is 9.40. The molecule has 12 heavy (non-hydrogen) atoms. The highest BCUT2D eigenvalue weighted by Gasteiger charge is 2.00. The molecular weight excluding hydrogens is 162 g/mol. The van der Waals surface area contributed by atoms with Crippen LogP contribution >= 0.6 is 0 Å². The highest BCUT2D eigenvalue weighted by atomic mass is 16.7. The third-order valence-corrected chi connectivity index (χ3v) is 0.917. The number of rotatable bonds is 6. The Labute approximate surface area is 70.3 Å². The molecule has 0 bridgehead atoms. The van der Waals surface area contributed by atoms with E-state index in [4.69, 9.17) is 0 Å². The number of carbonyl (C=O) groups is 2. The fourth-order valence-electron chi connectivity index (χ4n) is 0.402. The normalized spacial score (nSPS) is 8.75. The molecule has 5 nitrogen and oxygen atoms in total. The highest BCUT2D eigenvalue weighted by Crippen LogP contribution is 1.90. The average molecular weight is 173 g/mol. The third-order valence-electron chi connectivity index (χ3n) is 0.917. The van der Waals surface area contributed by atoms with Crippen LogP contribution < -0.4 is 5.48 Å². The first-order chi connectivity index (χ1) is 5.68. The van der Waals surface area contributed by atoms with Gasteiger partial charge >= 0.3 is 12.4 Å². The molecule has 0 saturated carbocycles. The zero-order valence-corrected chi connectivity index (χ0v) is 6.83. The first kappa shape index (κ1) is 10.6. The van der Waals surface area contributed by atoms with E-state index in [1.54, 1.807) is 6.92 Å². The molecule has 5 heteroatoms. The van der Waals surface area contributed by atoms with Crippen molar-refractivity contribution in [3.63, 3.8) is 0 Å². The van der Waals surface area contributed by atoms with Gasteiger partial charge in [0.05, 0.1) is 6.54 Å². The van der Waals surface area contributed by atoms with Crippen LogP contribution in [0.1, 0.15) is 6.92 Å². The number of ether oxygens (including phenoxy) is 1. The molecule has 0 fully saturated rings. The summed E-state index contributed by atoms with van der Waals surface area (Å²) in [5.41, 5.74) is 2.59. The van der Waals surface area contributed by atoms with Crippen LogP contribution in [0.3, 0.4) is 0 Å². The molecule has 0 atom stereocenters. The van der Waals surface area contributed by atoms with Crippen LogP contribution in [-0.4, -0.2) is 25.6 Å². The van der Waals surface area contributed by atoms with Gasteiger partial charge in [0, 0.05) is 5.57 Å². The van der Waals surface area contributed by atoms with Crippen LogP contribution in [-0.2, 0) is 19.2 Å². The molecule has 1 N–H and O–H groups in total. The fraction of sp³-hybridized carbons (Fsp3) is 0.429. The van der Waals surface area contributed by atoms with E-state index in [-0.39, 0.29) is 19.6 Å². The molecule has 0 aromatic rings. The molecule has 68 valence electrons. The summed E-state index contributed by atoms with van der Waals surface area (Å²) in [7, 11) is 0. The van der Waals surface area contributed by atoms with Gasteiger partial charge in [-0.3, -0.25) is 4.79 Å². The standard InChI is InChI=1S/C7H11NO4/c1-6(2)7(10)11-4-3-8-12-5-9/h5,8H,1,3-4H2,2H3. The Hall–Kier alpha value is -1.36. The van der Waals surface area contributed by atoms with Crippen molar-refractivity contribution in [2.75, 3.05) is 13.2 Å². The Kier molecular flexibility index (Phi) is 5.64. The molecule has 0 spiro atoms. The summed E-state index contributed by atoms with van der Waals surface area (Å²) in [6.45, 7) is 5.59. The molecule has 0 heterocycles. The smallest absolute Gasteiger partial charge is 0.333 e. The topological polar surface area (TPSA) is 64.6 Å². The van der Waals surface area contributed by atoms with Crippen molar-refractivity contribution in [3.05, 3.63) is 12.2 Å². The van der Waals surface area contributed by atoms with Gasteiger partial charge in [-0.2, -0.15) is 0 Å². The molecule has 0 aromatic carbocycles. The first-order valence-corrected chi connectivity index (χ1v) is 3.33. The van der Waals surface area contributed by atoms with Crippen molar-refractivity contribution in [1.29, 1.82) is 0 Å². The maximum Gasteiger partial charge on any atom is 0.333 e. The van der Waals surface area contributed by atoms with Crippen molar-refractivity contribution >= 4 is 12.4 Å². The van der Waals surface area contributed by atoms with Crippen molar-refractivity contribution in [3.8, 4) is 0 Å². The van der Waals surface area contributed by atoms with Crippen molar-refractivity contribution < 1.29 is 19.2 Å². The van der Waals surface area contributed by atoms with Gasteiger partial charge in [-0.15, -0.1) is 5.48 Å². The lowest BCUT2D eigenvalue weighted by molar-refractivity contribution is -0.140. The summed E-state index contributed by atoms with van der Waals surface area (Å²) in [6.07, 6.45) is 0. The van der Waals surface area contributed by atoms with Crippen LogP contribution in [0, 0.1) is 0 Å². The SMILES string of the molecule is C=C(C)C(=O)OCCNOC=O. The molecule has 0 aromatic heterocycles. The Balaban J connectivity index is 3.25. The van der Waals surface area contributed by atoms with Gasteiger partial charge in [0.15, 0.2) is 0 Å². The number of esters is 1. The second-order valence-corrected chi connectivity index (χ2v) is 2.02. The number of hydroxylamine groups is 1. The van der Waals surface area contributed by atoms with Crippen molar-refractivity contribution in [2.45, 2.75) is 6.92 Å². The lowest BCUT2D eigenvalue weighted by atomic mass is 10.4. The quantitative estimate of drug-likeness (QED) is 0.198. The van der Waals surface area contributed by atoms with E-state index in [2.05, 4.69) is 21.6 Å². The summed E-state index contributed by atoms with van der Waals surface area (Å²) >= 11 is 0. The molecule has 0 unspecified atom stereocenters. The van der Waals surface area contributed by atoms with Crippen LogP contribution in [0.15, 0.2) is 12.2 Å². The average Bonchev–Trinajstić information content (AvgIpc) is 2.03. The minimum Gasteiger partial charge on any atom is -0.461 e. The van der Waals surface area contributed by atoms with Gasteiger partial charge in [-0.1, -0.05) is 6.58 Å². The van der Waals surface area contributed by atoms with Crippen LogP contribution in [0.5, 0.6) is 0 Å². The predicted molar refractivity (Wildman–Crippen MR) is 40.9 cm³/mol. The van der Waals surface area contributed by atoms with Crippen LogP contribution in [0.2, 0.25) is 0 Å². The largest absolute Gasteiger partial charge is 0.461 e. The molecule has 0 rings (SSSR count). The molecule has 0 amide bonds. The molecule has 0 aliphatic rings. The maximum absolute atomic E-state index is 10.7. The summed E-state index contributed by atoms with van der Waals surface area (Å²) < 4.78 is 4.65. The molecule has 0 radical (unpaired) electrons. The Bertz CT molecular complexity index is 178. The Morgan fingerprint density at radius 3 is 2.83 bits per heavy atom. The van der Waals surface area contributed by atoms with E-state index in [0.717, 1.165) is 0 Å². The maximum atomic E-state index is 10.7. The van der Waals surface area contributed by atoms with Gasteiger partial charge in [-0.05, 0) is 6.92 Å². The number of nitrogens with one attached hydrogen (secondary N) is 1. The summed E-state index contributed by atoms with van der Waals surface area (Å²) in [6, 6.07) is 0. The van der Waals surface area contributed by atoms with Crippen LogP contribution in [0.4, 0.5) is 0 Å². The van der Waals surface area contributed by atoms with E-state index in [0.29, 0.717) is 5.57 Å². The minimum absolute atomic E-state index is 0.138. The van der Waals surface area contributed by atoms with Crippen LogP contribution in [0.25, 0.3) is 0 Å². The lowest BCUT2D eigenvalue weighted by Crippen LogP contribution is -2.21. The van der Waals surface area contributed by atoms with Gasteiger partial charge in [0.1, 0.15) is 6.61 Å². The Morgan fingerprint density at radius 2 is 2.33 bits per heavy atom. The summed E-state index contributed by atoms with van der Waals surface area (Å²) in [5, 5.41) is 0. The monoisotopic (exact) mass is 173 g/mol. The van der Waals surface area contributed by atoms with E-state index in [9.17, 15) is 9.59 Å². The number of carbonyl (C=O) groups excluding carboxylic acids is 2. The number of hydrogen-bond donors (Lipinski definition) is 1.